The van der Waals surface area contributed by atoms with Crippen molar-refractivity contribution in [3.05, 3.63) is 62.3 Å². The minimum Gasteiger partial charge on any atom is -0.387 e. The number of hydrogen-bond acceptors (Lipinski definition) is 6. The number of nitrogens with zero attached hydrogens (tertiary/aromatic N) is 1. The van der Waals surface area contributed by atoms with Gasteiger partial charge in [0, 0.05) is 18.7 Å². The number of nitro benzene ring substituents is 1. The quantitative estimate of drug-likeness (QED) is 0.471. The highest BCUT2D eigenvalue weighted by atomic mass is 32.1. The average molecular weight is 391 g/mol. The molecule has 9 heteroatoms. The number of aliphatic hydroxyl groups excluding tert-OH is 1. The van der Waals surface area contributed by atoms with E-state index in [-0.39, 0.29) is 24.1 Å². The van der Waals surface area contributed by atoms with E-state index >= 15 is 0 Å². The Morgan fingerprint density at radius 3 is 2.41 bits per heavy atom. The van der Waals surface area contributed by atoms with E-state index in [0.29, 0.717) is 10.4 Å². The van der Waals surface area contributed by atoms with Crippen molar-refractivity contribution >= 4 is 28.8 Å². The standard InChI is InChI=1S/C18H21N3O5S/c1-11(2)16(20-17(23)15-4-3-9-27-15)18(24)19-10-14(22)12-5-7-13(8-6-12)21(25)26/h3-9,11,14,16,22H,10H2,1-2H3,(H,19,24)(H,20,23). The number of benzene rings is 1. The summed E-state index contributed by atoms with van der Waals surface area (Å²) < 4.78 is 0. The summed E-state index contributed by atoms with van der Waals surface area (Å²) in [4.78, 5) is 35.3. The van der Waals surface area contributed by atoms with Crippen LogP contribution in [0.2, 0.25) is 0 Å². The molecule has 144 valence electrons. The predicted octanol–water partition coefficient (Wildman–Crippen LogP) is 2.26. The fourth-order valence-electron chi connectivity index (χ4n) is 2.40. The molecule has 1 aromatic heterocycles. The van der Waals surface area contributed by atoms with E-state index in [9.17, 15) is 24.8 Å². The van der Waals surface area contributed by atoms with Gasteiger partial charge in [0.25, 0.3) is 11.6 Å². The number of carbonyl (C=O) groups is 2. The van der Waals surface area contributed by atoms with Gasteiger partial charge in [0.05, 0.1) is 15.9 Å². The van der Waals surface area contributed by atoms with E-state index in [1.807, 2.05) is 13.8 Å². The summed E-state index contributed by atoms with van der Waals surface area (Å²) in [6.07, 6.45) is -1.02. The van der Waals surface area contributed by atoms with Crippen LogP contribution < -0.4 is 10.6 Å². The largest absolute Gasteiger partial charge is 0.387 e. The second-order valence-electron chi connectivity index (χ2n) is 6.28. The summed E-state index contributed by atoms with van der Waals surface area (Å²) in [5, 5.41) is 27.9. The maximum absolute atomic E-state index is 12.4. The van der Waals surface area contributed by atoms with Crippen molar-refractivity contribution < 1.29 is 19.6 Å². The Morgan fingerprint density at radius 2 is 1.89 bits per heavy atom. The first-order valence-electron chi connectivity index (χ1n) is 8.34. The minimum absolute atomic E-state index is 0.0747. The molecule has 0 saturated carbocycles. The fourth-order valence-corrected chi connectivity index (χ4v) is 3.03. The van der Waals surface area contributed by atoms with Crippen molar-refractivity contribution in [2.75, 3.05) is 6.54 Å². The number of non-ortho nitro benzene ring substituents is 1. The first-order valence-corrected chi connectivity index (χ1v) is 9.22. The smallest absolute Gasteiger partial charge is 0.269 e. The van der Waals surface area contributed by atoms with Crippen LogP contribution in [0.5, 0.6) is 0 Å². The average Bonchev–Trinajstić information content (AvgIpc) is 3.18. The molecule has 2 amide bonds. The lowest BCUT2D eigenvalue weighted by atomic mass is 10.0. The van der Waals surface area contributed by atoms with E-state index in [4.69, 9.17) is 0 Å². The molecule has 2 aromatic rings. The van der Waals surface area contributed by atoms with Crippen LogP contribution in [0.25, 0.3) is 0 Å². The van der Waals surface area contributed by atoms with Gasteiger partial charge in [-0.1, -0.05) is 19.9 Å². The summed E-state index contributed by atoms with van der Waals surface area (Å²) in [6.45, 7) is 3.55. The summed E-state index contributed by atoms with van der Waals surface area (Å²) in [5.41, 5.74) is 0.371. The van der Waals surface area contributed by atoms with Gasteiger partial charge in [-0.25, -0.2) is 0 Å². The van der Waals surface area contributed by atoms with Crippen LogP contribution >= 0.6 is 11.3 Å². The summed E-state index contributed by atoms with van der Waals surface area (Å²) in [7, 11) is 0. The van der Waals surface area contributed by atoms with Crippen molar-refractivity contribution in [3.63, 3.8) is 0 Å². The Kier molecular flexibility index (Phi) is 7.03. The van der Waals surface area contributed by atoms with Crippen LogP contribution in [0.15, 0.2) is 41.8 Å². The van der Waals surface area contributed by atoms with Crippen LogP contribution in [0.4, 0.5) is 5.69 Å². The van der Waals surface area contributed by atoms with Gasteiger partial charge in [-0.05, 0) is 35.1 Å². The molecule has 1 heterocycles. The molecule has 3 N–H and O–H groups in total. The summed E-state index contributed by atoms with van der Waals surface area (Å²) in [5.74, 6) is -0.879. The molecule has 0 aliphatic heterocycles. The lowest BCUT2D eigenvalue weighted by Crippen LogP contribution is -2.50. The predicted molar refractivity (Wildman–Crippen MR) is 101 cm³/mol. The topological polar surface area (TPSA) is 122 Å². The Labute approximate surface area is 160 Å². The van der Waals surface area contributed by atoms with Crippen LogP contribution in [0.3, 0.4) is 0 Å². The molecule has 0 spiro atoms. The van der Waals surface area contributed by atoms with Gasteiger partial charge in [0.2, 0.25) is 5.91 Å². The van der Waals surface area contributed by atoms with Crippen molar-refractivity contribution in [1.82, 2.24) is 10.6 Å². The van der Waals surface area contributed by atoms with E-state index in [0.717, 1.165) is 0 Å². The number of aliphatic hydroxyl groups is 1. The normalized spacial score (nSPS) is 13.0. The lowest BCUT2D eigenvalue weighted by molar-refractivity contribution is -0.384. The fraction of sp³-hybridized carbons (Fsp3) is 0.333. The molecule has 8 nitrogen and oxygen atoms in total. The lowest BCUT2D eigenvalue weighted by Gasteiger charge is -2.22. The molecule has 0 saturated heterocycles. The number of carbonyl (C=O) groups excluding carboxylic acids is 2. The Morgan fingerprint density at radius 1 is 1.22 bits per heavy atom. The monoisotopic (exact) mass is 391 g/mol. The van der Waals surface area contributed by atoms with Gasteiger partial charge in [-0.15, -0.1) is 11.3 Å². The minimum atomic E-state index is -1.02. The number of thiophene rings is 1. The number of hydrogen-bond donors (Lipinski definition) is 3. The van der Waals surface area contributed by atoms with Crippen LogP contribution in [-0.4, -0.2) is 34.4 Å². The van der Waals surface area contributed by atoms with Gasteiger partial charge in [0.15, 0.2) is 0 Å². The number of nitro groups is 1. The van der Waals surface area contributed by atoms with E-state index in [1.54, 1.807) is 17.5 Å². The second kappa shape index (κ2) is 9.24. The Bertz CT molecular complexity index is 790. The first kappa shape index (κ1) is 20.5. The Hall–Kier alpha value is -2.78. The molecule has 2 rings (SSSR count). The highest BCUT2D eigenvalue weighted by Gasteiger charge is 2.25. The molecule has 0 fully saturated rings. The highest BCUT2D eigenvalue weighted by molar-refractivity contribution is 7.12. The maximum atomic E-state index is 12.4. The molecule has 2 atom stereocenters. The second-order valence-corrected chi connectivity index (χ2v) is 7.23. The van der Waals surface area contributed by atoms with E-state index < -0.39 is 23.0 Å². The zero-order valence-corrected chi connectivity index (χ0v) is 15.7. The van der Waals surface area contributed by atoms with E-state index in [2.05, 4.69) is 10.6 Å². The van der Waals surface area contributed by atoms with Crippen LogP contribution in [0.1, 0.15) is 35.2 Å². The van der Waals surface area contributed by atoms with Gasteiger partial charge < -0.3 is 15.7 Å². The SMILES string of the molecule is CC(C)C(NC(=O)c1cccs1)C(=O)NCC(O)c1ccc([N+](=O)[O-])cc1. The van der Waals surface area contributed by atoms with Gasteiger partial charge >= 0.3 is 0 Å². The molecule has 27 heavy (non-hydrogen) atoms. The van der Waals surface area contributed by atoms with Crippen LogP contribution in [-0.2, 0) is 4.79 Å². The third kappa shape index (κ3) is 5.60. The Balaban J connectivity index is 1.94. The zero-order chi connectivity index (χ0) is 20.0. The number of rotatable bonds is 8. The molecule has 2 unspecified atom stereocenters. The van der Waals surface area contributed by atoms with Crippen molar-refractivity contribution in [3.8, 4) is 0 Å². The summed E-state index contributed by atoms with van der Waals surface area (Å²) >= 11 is 1.28. The third-order valence-corrected chi connectivity index (χ3v) is 4.81. The number of amides is 2. The van der Waals surface area contributed by atoms with Gasteiger partial charge in [0.1, 0.15) is 6.04 Å². The van der Waals surface area contributed by atoms with E-state index in [1.165, 1.54) is 35.6 Å². The molecule has 0 radical (unpaired) electrons. The highest BCUT2D eigenvalue weighted by Crippen LogP contribution is 2.17. The molecule has 0 aliphatic rings. The van der Waals surface area contributed by atoms with Crippen molar-refractivity contribution in [2.45, 2.75) is 26.0 Å². The summed E-state index contributed by atoms with van der Waals surface area (Å²) in [6, 6.07) is 8.14. The molecular weight excluding hydrogens is 370 g/mol. The molecule has 0 aliphatic carbocycles. The van der Waals surface area contributed by atoms with Crippen molar-refractivity contribution in [1.29, 1.82) is 0 Å². The molecule has 1 aromatic carbocycles. The van der Waals surface area contributed by atoms with Gasteiger partial charge in [-0.2, -0.15) is 0 Å². The van der Waals surface area contributed by atoms with Gasteiger partial charge in [-0.3, -0.25) is 19.7 Å². The third-order valence-electron chi connectivity index (χ3n) is 3.94. The maximum Gasteiger partial charge on any atom is 0.269 e. The first-order chi connectivity index (χ1) is 12.8. The molecule has 0 bridgehead atoms. The number of nitrogens with one attached hydrogen (secondary N) is 2. The van der Waals surface area contributed by atoms with Crippen molar-refractivity contribution in [2.24, 2.45) is 5.92 Å². The zero-order valence-electron chi connectivity index (χ0n) is 14.9. The molecular formula is C18H21N3O5S. The van der Waals surface area contributed by atoms with Crippen LogP contribution in [0, 0.1) is 16.0 Å².